The normalized spacial score (nSPS) is 32.0. The SMILES string of the molecule is C=CCN(C(=O)C1N([C@H](C)CO)C(=O)[C@@H]2[C@H](C(=O)O)[C@H]3OC12CC3Br)c1ccc2ccccc2c1. The van der Waals surface area contributed by atoms with Crippen molar-refractivity contribution in [3.63, 3.8) is 0 Å². The van der Waals surface area contributed by atoms with Crippen LogP contribution in [0.1, 0.15) is 13.3 Å². The third kappa shape index (κ3) is 3.43. The fourth-order valence-corrected chi connectivity index (χ4v) is 7.08. The average molecular weight is 543 g/mol. The first-order valence-corrected chi connectivity index (χ1v) is 12.6. The van der Waals surface area contributed by atoms with Crippen LogP contribution in [-0.4, -0.2) is 74.7 Å². The highest BCUT2D eigenvalue weighted by molar-refractivity contribution is 9.09. The molecule has 0 radical (unpaired) electrons. The summed E-state index contributed by atoms with van der Waals surface area (Å²) in [6, 6.07) is 11.7. The highest BCUT2D eigenvalue weighted by Gasteiger charge is 2.77. The zero-order valence-electron chi connectivity index (χ0n) is 19.2. The minimum Gasteiger partial charge on any atom is -0.481 e. The van der Waals surface area contributed by atoms with E-state index in [-0.39, 0.29) is 23.9 Å². The molecule has 2 aromatic carbocycles. The van der Waals surface area contributed by atoms with E-state index in [9.17, 15) is 24.6 Å². The number of halogens is 1. The van der Waals surface area contributed by atoms with Gasteiger partial charge < -0.3 is 24.7 Å². The largest absolute Gasteiger partial charge is 0.481 e. The number of anilines is 1. The lowest BCUT2D eigenvalue weighted by molar-refractivity contribution is -0.150. The molecule has 0 aromatic heterocycles. The number of likely N-dealkylation sites (tertiary alicyclic amines) is 1. The van der Waals surface area contributed by atoms with Crippen molar-refractivity contribution in [1.29, 1.82) is 0 Å². The summed E-state index contributed by atoms with van der Waals surface area (Å²) in [7, 11) is 0. The van der Waals surface area contributed by atoms with E-state index in [4.69, 9.17) is 4.74 Å². The van der Waals surface area contributed by atoms with Crippen LogP contribution in [0, 0.1) is 11.8 Å². The van der Waals surface area contributed by atoms with E-state index in [2.05, 4.69) is 22.5 Å². The molecule has 2 bridgehead atoms. The quantitative estimate of drug-likeness (QED) is 0.411. The van der Waals surface area contributed by atoms with E-state index in [1.807, 2.05) is 42.5 Å². The Hall–Kier alpha value is -2.75. The number of alkyl halides is 1. The summed E-state index contributed by atoms with van der Waals surface area (Å²) in [5.41, 5.74) is -0.661. The van der Waals surface area contributed by atoms with Gasteiger partial charge in [-0.2, -0.15) is 0 Å². The van der Waals surface area contributed by atoms with E-state index >= 15 is 0 Å². The third-order valence-electron chi connectivity index (χ3n) is 7.61. The molecule has 9 heteroatoms. The van der Waals surface area contributed by atoms with Crippen molar-refractivity contribution in [2.24, 2.45) is 11.8 Å². The minimum absolute atomic E-state index is 0.188. The van der Waals surface area contributed by atoms with Gasteiger partial charge in [-0.25, -0.2) is 0 Å². The lowest BCUT2D eigenvalue weighted by Gasteiger charge is -2.38. The highest BCUT2D eigenvalue weighted by atomic mass is 79.9. The molecule has 3 fully saturated rings. The number of hydrogen-bond donors (Lipinski definition) is 2. The van der Waals surface area contributed by atoms with Crippen LogP contribution in [0.15, 0.2) is 55.1 Å². The molecule has 184 valence electrons. The maximum atomic E-state index is 14.3. The second-order valence-electron chi connectivity index (χ2n) is 9.55. The maximum absolute atomic E-state index is 14.3. The third-order valence-corrected chi connectivity index (χ3v) is 8.45. The zero-order valence-corrected chi connectivity index (χ0v) is 20.8. The molecule has 0 saturated carbocycles. The standard InChI is InChI=1S/C26H27BrN2O6/c1-3-10-28(17-9-8-15-6-4-5-7-16(15)11-17)24(32)22-26-12-18(27)21(35-26)19(25(33)34)20(26)23(31)29(22)14(2)13-30/h3-9,11,14,18-22,30H,1,10,12-13H2,2H3,(H,33,34)/t14-,18?,19+,20+,21+,22?,26?/m1/s1. The van der Waals surface area contributed by atoms with Crippen LogP contribution >= 0.6 is 15.9 Å². The summed E-state index contributed by atoms with van der Waals surface area (Å²) in [5.74, 6) is -4.04. The van der Waals surface area contributed by atoms with E-state index in [0.29, 0.717) is 12.1 Å². The molecule has 0 aliphatic carbocycles. The number of hydrogen-bond acceptors (Lipinski definition) is 5. The molecule has 3 saturated heterocycles. The fraction of sp³-hybridized carbons (Fsp3) is 0.423. The number of aliphatic hydroxyl groups is 1. The number of nitrogens with zero attached hydrogens (tertiary/aromatic N) is 2. The maximum Gasteiger partial charge on any atom is 0.310 e. The van der Waals surface area contributed by atoms with Crippen molar-refractivity contribution in [1.82, 2.24) is 4.90 Å². The molecule has 35 heavy (non-hydrogen) atoms. The van der Waals surface area contributed by atoms with Gasteiger partial charge >= 0.3 is 5.97 Å². The summed E-state index contributed by atoms with van der Waals surface area (Å²) < 4.78 is 6.29. The molecule has 3 heterocycles. The second kappa shape index (κ2) is 8.72. The van der Waals surface area contributed by atoms with Crippen molar-refractivity contribution in [3.8, 4) is 0 Å². The molecule has 3 unspecified atom stereocenters. The first kappa shape index (κ1) is 24.0. The first-order valence-electron chi connectivity index (χ1n) is 11.6. The number of amides is 2. The van der Waals surface area contributed by atoms with E-state index in [1.54, 1.807) is 17.9 Å². The predicted molar refractivity (Wildman–Crippen MR) is 133 cm³/mol. The Kier molecular flexibility index (Phi) is 5.97. The molecule has 3 aliphatic heterocycles. The summed E-state index contributed by atoms with van der Waals surface area (Å²) in [5, 5.41) is 21.9. The number of ether oxygens (including phenoxy) is 1. The Balaban J connectivity index is 1.62. The molecular weight excluding hydrogens is 516 g/mol. The Morgan fingerprint density at radius 1 is 1.31 bits per heavy atom. The van der Waals surface area contributed by atoms with Crippen LogP contribution in [0.2, 0.25) is 0 Å². The van der Waals surface area contributed by atoms with Gasteiger partial charge in [-0.3, -0.25) is 14.4 Å². The topological polar surface area (TPSA) is 107 Å². The van der Waals surface area contributed by atoms with Crippen LogP contribution in [0.4, 0.5) is 5.69 Å². The molecule has 5 rings (SSSR count). The number of carbonyl (C=O) groups is 3. The van der Waals surface area contributed by atoms with Gasteiger partial charge in [-0.1, -0.05) is 52.3 Å². The smallest absolute Gasteiger partial charge is 0.310 e. The molecule has 7 atom stereocenters. The number of benzene rings is 2. The van der Waals surface area contributed by atoms with E-state index in [0.717, 1.165) is 10.8 Å². The van der Waals surface area contributed by atoms with Crippen LogP contribution in [-0.2, 0) is 19.1 Å². The average Bonchev–Trinajstić information content (AvgIpc) is 3.44. The Morgan fingerprint density at radius 2 is 2.03 bits per heavy atom. The molecular formula is C26H27BrN2O6. The molecule has 2 N–H and O–H groups in total. The van der Waals surface area contributed by atoms with Gasteiger partial charge in [0.2, 0.25) is 5.91 Å². The highest BCUT2D eigenvalue weighted by Crippen LogP contribution is 2.60. The van der Waals surface area contributed by atoms with Crippen molar-refractivity contribution in [3.05, 3.63) is 55.1 Å². The summed E-state index contributed by atoms with van der Waals surface area (Å²) >= 11 is 3.54. The summed E-state index contributed by atoms with van der Waals surface area (Å²) in [6.07, 6.45) is 1.22. The summed E-state index contributed by atoms with van der Waals surface area (Å²) in [4.78, 5) is 42.8. The Labute approximate surface area is 211 Å². The zero-order chi connectivity index (χ0) is 25.1. The van der Waals surface area contributed by atoms with Crippen LogP contribution < -0.4 is 4.90 Å². The molecule has 8 nitrogen and oxygen atoms in total. The second-order valence-corrected chi connectivity index (χ2v) is 10.7. The molecule has 2 aromatic rings. The predicted octanol–water partition coefficient (Wildman–Crippen LogP) is 2.57. The first-order chi connectivity index (χ1) is 16.7. The Bertz CT molecular complexity index is 1220. The molecule has 3 aliphatic rings. The summed E-state index contributed by atoms with van der Waals surface area (Å²) in [6.45, 7) is 5.28. The van der Waals surface area contributed by atoms with Gasteiger partial charge in [0.15, 0.2) is 0 Å². The van der Waals surface area contributed by atoms with Gasteiger partial charge in [-0.15, -0.1) is 6.58 Å². The Morgan fingerprint density at radius 3 is 2.69 bits per heavy atom. The van der Waals surface area contributed by atoms with Gasteiger partial charge in [0.25, 0.3) is 5.91 Å². The fourth-order valence-electron chi connectivity index (χ4n) is 6.14. The number of fused-ring (bicyclic) bond motifs is 2. The number of rotatable bonds is 7. The number of carbonyl (C=O) groups excluding carboxylic acids is 2. The van der Waals surface area contributed by atoms with Crippen molar-refractivity contribution in [2.75, 3.05) is 18.1 Å². The monoisotopic (exact) mass is 542 g/mol. The van der Waals surface area contributed by atoms with Crippen molar-refractivity contribution < 1.29 is 29.3 Å². The van der Waals surface area contributed by atoms with Crippen molar-refractivity contribution in [2.45, 2.75) is 42.0 Å². The van der Waals surface area contributed by atoms with Gasteiger partial charge in [0.1, 0.15) is 11.6 Å². The number of aliphatic hydroxyl groups excluding tert-OH is 1. The van der Waals surface area contributed by atoms with Gasteiger partial charge in [0, 0.05) is 17.1 Å². The van der Waals surface area contributed by atoms with Crippen LogP contribution in [0.5, 0.6) is 0 Å². The lowest BCUT2D eigenvalue weighted by atomic mass is 9.70. The molecule has 2 amide bonds. The van der Waals surface area contributed by atoms with Crippen LogP contribution in [0.3, 0.4) is 0 Å². The molecule has 1 spiro atoms. The lowest BCUT2D eigenvalue weighted by Crippen LogP contribution is -2.58. The minimum atomic E-state index is -1.30. The van der Waals surface area contributed by atoms with E-state index < -0.39 is 47.5 Å². The van der Waals surface area contributed by atoms with E-state index in [1.165, 1.54) is 4.90 Å². The number of carboxylic acids is 1. The van der Waals surface area contributed by atoms with Gasteiger partial charge in [0.05, 0.1) is 30.6 Å². The van der Waals surface area contributed by atoms with Gasteiger partial charge in [-0.05, 0) is 36.2 Å². The van der Waals surface area contributed by atoms with Crippen molar-refractivity contribution >= 4 is 50.2 Å². The number of carboxylic acid groups (broad SMARTS) is 1. The van der Waals surface area contributed by atoms with Crippen LogP contribution in [0.25, 0.3) is 10.8 Å². The number of aliphatic carboxylic acids is 1.